The maximum absolute atomic E-state index is 11.1. The number of hydrogen-bond donors (Lipinski definition) is 0. The van der Waals surface area contributed by atoms with Crippen LogP contribution in [0.4, 0.5) is 0 Å². The fourth-order valence-electron chi connectivity index (χ4n) is 2.12. The zero-order valence-electron chi connectivity index (χ0n) is 11.1. The molecule has 4 heteroatoms. The van der Waals surface area contributed by atoms with Crippen LogP contribution in [0.3, 0.4) is 0 Å². The molecule has 0 radical (unpaired) electrons. The van der Waals surface area contributed by atoms with Crippen molar-refractivity contribution in [3.05, 3.63) is 23.8 Å². The van der Waals surface area contributed by atoms with E-state index in [0.717, 1.165) is 17.1 Å². The number of rotatable bonds is 2. The van der Waals surface area contributed by atoms with Gasteiger partial charge in [-0.25, -0.2) is 0 Å². The van der Waals surface area contributed by atoms with E-state index in [9.17, 15) is 4.79 Å². The first kappa shape index (κ1) is 12.7. The zero-order chi connectivity index (χ0) is 13.3. The summed E-state index contributed by atoms with van der Waals surface area (Å²) in [5.41, 5.74) is 0.479. The molecule has 0 fully saturated rings. The lowest BCUT2D eigenvalue weighted by atomic mass is 9.91. The third-order valence-corrected chi connectivity index (χ3v) is 3.13. The van der Waals surface area contributed by atoms with Gasteiger partial charge in [0.05, 0.1) is 7.11 Å². The summed E-state index contributed by atoms with van der Waals surface area (Å²) < 4.78 is 16.4. The molecule has 4 nitrogen and oxygen atoms in total. The van der Waals surface area contributed by atoms with Crippen LogP contribution >= 0.6 is 0 Å². The Morgan fingerprint density at radius 3 is 2.78 bits per heavy atom. The molecule has 1 aromatic carbocycles. The standard InChI is InChI=1S/C14H18O4/c1-9(15)17-13-8-10-7-11(16-4)5-6-12(10)18-14(13,2)3/h5-7,13H,8H2,1-4H3. The SMILES string of the molecule is COc1ccc2c(c1)CC(OC(C)=O)C(C)(C)O2. The second-order valence-electron chi connectivity index (χ2n) is 4.98. The molecular formula is C14H18O4. The van der Waals surface area contributed by atoms with E-state index in [1.165, 1.54) is 6.92 Å². The summed E-state index contributed by atoms with van der Waals surface area (Å²) in [6.07, 6.45) is 0.355. The Bertz CT molecular complexity index is 465. The first-order valence-electron chi connectivity index (χ1n) is 5.95. The molecule has 0 spiro atoms. The summed E-state index contributed by atoms with van der Waals surface area (Å²) >= 11 is 0. The first-order valence-corrected chi connectivity index (χ1v) is 5.95. The van der Waals surface area contributed by atoms with Crippen molar-refractivity contribution in [2.75, 3.05) is 7.11 Å². The van der Waals surface area contributed by atoms with Gasteiger partial charge >= 0.3 is 5.97 Å². The monoisotopic (exact) mass is 250 g/mol. The predicted octanol–water partition coefficient (Wildman–Crippen LogP) is 2.34. The Balaban J connectivity index is 2.30. The van der Waals surface area contributed by atoms with Crippen LogP contribution < -0.4 is 9.47 Å². The van der Waals surface area contributed by atoms with Crippen molar-refractivity contribution >= 4 is 5.97 Å². The lowest BCUT2D eigenvalue weighted by Gasteiger charge is -2.39. The Labute approximate surface area is 107 Å². The predicted molar refractivity (Wildman–Crippen MR) is 67.0 cm³/mol. The van der Waals surface area contributed by atoms with Gasteiger partial charge in [0.15, 0.2) is 0 Å². The van der Waals surface area contributed by atoms with Gasteiger partial charge in [-0.15, -0.1) is 0 Å². The Hall–Kier alpha value is -1.71. The summed E-state index contributed by atoms with van der Waals surface area (Å²) in [4.78, 5) is 11.1. The second-order valence-corrected chi connectivity index (χ2v) is 4.98. The molecule has 98 valence electrons. The molecule has 0 saturated carbocycles. The molecule has 1 heterocycles. The number of fused-ring (bicyclic) bond motifs is 1. The molecule has 0 aromatic heterocycles. The highest BCUT2D eigenvalue weighted by Gasteiger charge is 2.39. The van der Waals surface area contributed by atoms with Crippen LogP contribution in [0, 0.1) is 0 Å². The number of esters is 1. The molecule has 0 N–H and O–H groups in total. The molecule has 0 amide bonds. The third-order valence-electron chi connectivity index (χ3n) is 3.13. The lowest BCUT2D eigenvalue weighted by molar-refractivity contribution is -0.158. The van der Waals surface area contributed by atoms with E-state index in [1.54, 1.807) is 7.11 Å². The quantitative estimate of drug-likeness (QED) is 0.756. The average Bonchev–Trinajstić information content (AvgIpc) is 2.28. The molecule has 0 saturated heterocycles. The Kier molecular flexibility index (Phi) is 3.20. The van der Waals surface area contributed by atoms with E-state index < -0.39 is 5.60 Å². The molecule has 1 aliphatic heterocycles. The number of hydrogen-bond acceptors (Lipinski definition) is 4. The van der Waals surface area contributed by atoms with E-state index in [4.69, 9.17) is 14.2 Å². The van der Waals surface area contributed by atoms with Crippen molar-refractivity contribution in [2.45, 2.75) is 38.9 Å². The van der Waals surface area contributed by atoms with Gasteiger partial charge in [-0.3, -0.25) is 4.79 Å². The van der Waals surface area contributed by atoms with Crippen molar-refractivity contribution in [3.8, 4) is 11.5 Å². The van der Waals surface area contributed by atoms with E-state index in [1.807, 2.05) is 32.0 Å². The molecule has 2 rings (SSSR count). The fourth-order valence-corrected chi connectivity index (χ4v) is 2.12. The summed E-state index contributed by atoms with van der Waals surface area (Å²) in [5, 5.41) is 0. The van der Waals surface area contributed by atoms with Gasteiger partial charge in [0.2, 0.25) is 0 Å². The zero-order valence-corrected chi connectivity index (χ0v) is 11.1. The van der Waals surface area contributed by atoms with E-state index in [-0.39, 0.29) is 12.1 Å². The van der Waals surface area contributed by atoms with Crippen molar-refractivity contribution in [3.63, 3.8) is 0 Å². The minimum atomic E-state index is -0.521. The largest absolute Gasteiger partial charge is 0.497 e. The molecule has 1 aliphatic rings. The van der Waals surface area contributed by atoms with Crippen LogP contribution in [-0.2, 0) is 16.0 Å². The number of carbonyl (C=O) groups excluding carboxylic acids is 1. The minimum Gasteiger partial charge on any atom is -0.497 e. The Morgan fingerprint density at radius 2 is 2.17 bits per heavy atom. The fraction of sp³-hybridized carbons (Fsp3) is 0.500. The maximum Gasteiger partial charge on any atom is 0.303 e. The molecule has 1 unspecified atom stereocenters. The van der Waals surface area contributed by atoms with Gasteiger partial charge in [-0.2, -0.15) is 0 Å². The molecule has 1 aromatic rings. The van der Waals surface area contributed by atoms with Crippen LogP contribution in [-0.4, -0.2) is 24.8 Å². The second kappa shape index (κ2) is 4.52. The van der Waals surface area contributed by atoms with E-state index in [2.05, 4.69) is 0 Å². The molecule has 0 bridgehead atoms. The van der Waals surface area contributed by atoms with Gasteiger partial charge in [0.25, 0.3) is 0 Å². The van der Waals surface area contributed by atoms with Crippen LogP contribution in [0.5, 0.6) is 11.5 Å². The molecule has 0 aliphatic carbocycles. The van der Waals surface area contributed by atoms with Crippen molar-refractivity contribution in [1.29, 1.82) is 0 Å². The van der Waals surface area contributed by atoms with Gasteiger partial charge in [0.1, 0.15) is 23.2 Å². The van der Waals surface area contributed by atoms with Crippen LogP contribution in [0.25, 0.3) is 0 Å². The summed E-state index contributed by atoms with van der Waals surface area (Å²) in [7, 11) is 1.62. The highest BCUT2D eigenvalue weighted by Crippen LogP contribution is 2.36. The molecular weight excluding hydrogens is 232 g/mol. The van der Waals surface area contributed by atoms with Gasteiger partial charge in [-0.05, 0) is 32.0 Å². The highest BCUT2D eigenvalue weighted by atomic mass is 16.6. The van der Waals surface area contributed by atoms with Crippen LogP contribution in [0.1, 0.15) is 26.3 Å². The van der Waals surface area contributed by atoms with Gasteiger partial charge in [-0.1, -0.05) is 0 Å². The lowest BCUT2D eigenvalue weighted by Crippen LogP contribution is -2.48. The number of carbonyl (C=O) groups is 1. The van der Waals surface area contributed by atoms with Crippen molar-refractivity contribution in [2.24, 2.45) is 0 Å². The van der Waals surface area contributed by atoms with Gasteiger partial charge in [0, 0.05) is 18.9 Å². The van der Waals surface area contributed by atoms with E-state index >= 15 is 0 Å². The maximum atomic E-state index is 11.1. The summed E-state index contributed by atoms with van der Waals surface area (Å²) in [6, 6.07) is 5.67. The smallest absolute Gasteiger partial charge is 0.303 e. The summed E-state index contributed by atoms with van der Waals surface area (Å²) in [5.74, 6) is 1.31. The average molecular weight is 250 g/mol. The highest BCUT2D eigenvalue weighted by molar-refractivity contribution is 5.66. The van der Waals surface area contributed by atoms with Crippen LogP contribution in [0.2, 0.25) is 0 Å². The number of methoxy groups -OCH3 is 1. The topological polar surface area (TPSA) is 44.8 Å². The minimum absolute atomic E-state index is 0.283. The normalized spacial score (nSPS) is 20.6. The third kappa shape index (κ3) is 2.42. The first-order chi connectivity index (χ1) is 8.42. The van der Waals surface area contributed by atoms with Crippen molar-refractivity contribution in [1.82, 2.24) is 0 Å². The van der Waals surface area contributed by atoms with Crippen LogP contribution in [0.15, 0.2) is 18.2 Å². The Morgan fingerprint density at radius 1 is 1.44 bits per heavy atom. The summed E-state index contributed by atoms with van der Waals surface area (Å²) in [6.45, 7) is 5.26. The van der Waals surface area contributed by atoms with Crippen molar-refractivity contribution < 1.29 is 19.0 Å². The van der Waals surface area contributed by atoms with Gasteiger partial charge < -0.3 is 14.2 Å². The van der Waals surface area contributed by atoms with E-state index in [0.29, 0.717) is 6.42 Å². The number of ether oxygens (including phenoxy) is 3. The molecule has 18 heavy (non-hydrogen) atoms. The number of benzene rings is 1. The molecule has 1 atom stereocenters.